The van der Waals surface area contributed by atoms with Gasteiger partial charge in [-0.05, 0) is 17.7 Å². The van der Waals surface area contributed by atoms with Gasteiger partial charge in [0, 0.05) is 16.6 Å². The molecule has 1 heterocycles. The van der Waals surface area contributed by atoms with Crippen LogP contribution in [-0.2, 0) is 14.4 Å². The molecule has 0 radical (unpaired) electrons. The summed E-state index contributed by atoms with van der Waals surface area (Å²) in [4.78, 5) is 24.7. The number of carbonyl (C=O) groups excluding carboxylic acids is 1. The molecule has 8 heteroatoms. The molecule has 1 aromatic carbocycles. The summed E-state index contributed by atoms with van der Waals surface area (Å²) < 4.78 is 4.63. The summed E-state index contributed by atoms with van der Waals surface area (Å²) >= 11 is 7.17. The van der Waals surface area contributed by atoms with E-state index in [-0.39, 0.29) is 5.71 Å². The molecular formula is C14H12ClN3O3S. The van der Waals surface area contributed by atoms with Crippen LogP contribution in [0.2, 0.25) is 5.02 Å². The Balaban J connectivity index is 2.20. The van der Waals surface area contributed by atoms with Crippen molar-refractivity contribution >= 4 is 46.0 Å². The maximum atomic E-state index is 11.6. The fourth-order valence-corrected chi connectivity index (χ4v) is 2.37. The van der Waals surface area contributed by atoms with Crippen molar-refractivity contribution in [3.8, 4) is 0 Å². The lowest BCUT2D eigenvalue weighted by Gasteiger charge is -1.99. The van der Waals surface area contributed by atoms with Crippen LogP contribution in [0.15, 0.2) is 39.8 Å². The summed E-state index contributed by atoms with van der Waals surface area (Å²) in [5, 5.41) is 6.38. The smallest absolute Gasteiger partial charge is 0.362 e. The highest BCUT2D eigenvalue weighted by molar-refractivity contribution is 7.13. The van der Waals surface area contributed by atoms with Crippen LogP contribution in [0.5, 0.6) is 0 Å². The van der Waals surface area contributed by atoms with Crippen LogP contribution in [0.4, 0.5) is 5.13 Å². The second-order valence-corrected chi connectivity index (χ2v) is 5.22. The molecule has 0 aliphatic heterocycles. The van der Waals surface area contributed by atoms with Gasteiger partial charge in [0.1, 0.15) is 12.8 Å². The van der Waals surface area contributed by atoms with Crippen LogP contribution in [0.3, 0.4) is 0 Å². The molecule has 6 nitrogen and oxygen atoms in total. The van der Waals surface area contributed by atoms with Gasteiger partial charge < -0.3 is 9.57 Å². The van der Waals surface area contributed by atoms with Crippen molar-refractivity contribution in [2.75, 3.05) is 14.2 Å². The third kappa shape index (κ3) is 4.12. The van der Waals surface area contributed by atoms with Crippen molar-refractivity contribution in [2.45, 2.75) is 0 Å². The maximum absolute atomic E-state index is 11.6. The monoisotopic (exact) mass is 337 g/mol. The molecule has 2 aromatic rings. The Bertz CT molecular complexity index is 728. The number of hydrogen-bond donors (Lipinski definition) is 0. The van der Waals surface area contributed by atoms with E-state index in [1.54, 1.807) is 23.7 Å². The molecule has 0 aliphatic rings. The third-order valence-electron chi connectivity index (χ3n) is 2.47. The molecule has 0 bridgehead atoms. The molecule has 0 amide bonds. The average molecular weight is 338 g/mol. The zero-order valence-corrected chi connectivity index (χ0v) is 13.4. The van der Waals surface area contributed by atoms with E-state index in [2.05, 4.69) is 24.7 Å². The molecule has 0 spiro atoms. The number of benzene rings is 1. The van der Waals surface area contributed by atoms with E-state index in [1.807, 2.05) is 12.1 Å². The minimum atomic E-state index is -0.627. The molecular weight excluding hydrogens is 326 g/mol. The highest BCUT2D eigenvalue weighted by Crippen LogP contribution is 2.20. The maximum Gasteiger partial charge on any atom is 0.362 e. The van der Waals surface area contributed by atoms with E-state index in [9.17, 15) is 4.79 Å². The Kier molecular flexibility index (Phi) is 5.62. The van der Waals surface area contributed by atoms with Gasteiger partial charge in [0.2, 0.25) is 10.8 Å². The van der Waals surface area contributed by atoms with Gasteiger partial charge in [-0.25, -0.2) is 14.8 Å². The first-order chi connectivity index (χ1) is 10.6. The van der Waals surface area contributed by atoms with Gasteiger partial charge in [0.05, 0.1) is 7.11 Å². The quantitative estimate of drug-likeness (QED) is 0.477. The molecule has 1 aromatic heterocycles. The Morgan fingerprint density at radius 2 is 2.23 bits per heavy atom. The number of thiazole rings is 1. The standard InChI is InChI=1S/C14H12ClN3O3S/c1-20-13(19)12(18-21-2)11-8-22-14(17-11)16-7-9-4-3-5-10(15)6-9/h3-8H,1-2H3/b16-7+,18-12-. The zero-order valence-electron chi connectivity index (χ0n) is 11.8. The van der Waals surface area contributed by atoms with Crippen molar-refractivity contribution in [3.05, 3.63) is 45.9 Å². The minimum Gasteiger partial charge on any atom is -0.464 e. The summed E-state index contributed by atoms with van der Waals surface area (Å²) in [6.45, 7) is 0. The Morgan fingerprint density at radius 3 is 2.91 bits per heavy atom. The van der Waals surface area contributed by atoms with Crippen LogP contribution in [0, 0.1) is 0 Å². The van der Waals surface area contributed by atoms with E-state index >= 15 is 0 Å². The van der Waals surface area contributed by atoms with Crippen LogP contribution < -0.4 is 0 Å². The number of hydrogen-bond acceptors (Lipinski definition) is 7. The minimum absolute atomic E-state index is 0.00884. The van der Waals surface area contributed by atoms with Crippen molar-refractivity contribution in [1.82, 2.24) is 4.98 Å². The molecule has 0 aliphatic carbocycles. The van der Waals surface area contributed by atoms with Crippen LogP contribution in [-0.4, -0.2) is 37.1 Å². The molecule has 0 unspecified atom stereocenters. The molecule has 2 rings (SSSR count). The van der Waals surface area contributed by atoms with Crippen LogP contribution in [0.25, 0.3) is 0 Å². The van der Waals surface area contributed by atoms with Crippen molar-refractivity contribution < 1.29 is 14.4 Å². The first-order valence-corrected chi connectivity index (χ1v) is 7.35. The molecule has 0 fully saturated rings. The second kappa shape index (κ2) is 7.67. The fraction of sp³-hybridized carbons (Fsp3) is 0.143. The number of esters is 1. The zero-order chi connectivity index (χ0) is 15.9. The van der Waals surface area contributed by atoms with Gasteiger partial charge in [-0.2, -0.15) is 0 Å². The lowest BCUT2D eigenvalue weighted by atomic mass is 10.2. The second-order valence-electron chi connectivity index (χ2n) is 3.94. The lowest BCUT2D eigenvalue weighted by Crippen LogP contribution is -2.17. The number of aromatic nitrogens is 1. The van der Waals surface area contributed by atoms with Gasteiger partial charge >= 0.3 is 5.97 Å². The van der Waals surface area contributed by atoms with Crippen molar-refractivity contribution in [2.24, 2.45) is 10.1 Å². The number of carbonyl (C=O) groups is 1. The molecule has 0 N–H and O–H groups in total. The normalized spacial score (nSPS) is 11.7. The number of rotatable bonds is 5. The Hall–Kier alpha value is -2.25. The molecule has 114 valence electrons. The van der Waals surface area contributed by atoms with E-state index in [4.69, 9.17) is 11.6 Å². The third-order valence-corrected chi connectivity index (χ3v) is 3.45. The van der Waals surface area contributed by atoms with Gasteiger partial charge in [0.25, 0.3) is 0 Å². The molecule has 22 heavy (non-hydrogen) atoms. The van der Waals surface area contributed by atoms with Crippen molar-refractivity contribution in [1.29, 1.82) is 0 Å². The fourth-order valence-electron chi connectivity index (χ4n) is 1.53. The molecule has 0 saturated carbocycles. The number of aliphatic imine (C=N–C) groups is 1. The first-order valence-electron chi connectivity index (χ1n) is 6.09. The van der Waals surface area contributed by atoms with E-state index in [1.165, 1.54) is 25.6 Å². The molecule has 0 saturated heterocycles. The van der Waals surface area contributed by atoms with Crippen LogP contribution in [0.1, 0.15) is 11.3 Å². The predicted octanol–water partition coefficient (Wildman–Crippen LogP) is 3.07. The van der Waals surface area contributed by atoms with Gasteiger partial charge in [-0.1, -0.05) is 28.9 Å². The Labute approximate surface area is 136 Å². The predicted molar refractivity (Wildman–Crippen MR) is 86.4 cm³/mol. The van der Waals surface area contributed by atoms with Crippen LogP contribution >= 0.6 is 22.9 Å². The molecule has 0 atom stereocenters. The number of ether oxygens (including phenoxy) is 1. The summed E-state index contributed by atoms with van der Waals surface area (Å²) in [6.07, 6.45) is 1.64. The summed E-state index contributed by atoms with van der Waals surface area (Å²) in [7, 11) is 2.60. The van der Waals surface area contributed by atoms with Gasteiger partial charge in [-0.3, -0.25) is 0 Å². The average Bonchev–Trinajstić information content (AvgIpc) is 2.98. The van der Waals surface area contributed by atoms with Crippen molar-refractivity contribution in [3.63, 3.8) is 0 Å². The SMILES string of the molecule is CO/N=C(\C(=O)OC)c1csc(/N=C/c2cccc(Cl)c2)n1. The number of halogens is 1. The summed E-state index contributed by atoms with van der Waals surface area (Å²) in [6, 6.07) is 7.27. The highest BCUT2D eigenvalue weighted by Gasteiger charge is 2.18. The van der Waals surface area contributed by atoms with E-state index in [0.29, 0.717) is 15.8 Å². The highest BCUT2D eigenvalue weighted by atomic mass is 35.5. The largest absolute Gasteiger partial charge is 0.464 e. The van der Waals surface area contributed by atoms with Gasteiger partial charge in [-0.15, -0.1) is 11.3 Å². The Morgan fingerprint density at radius 1 is 1.41 bits per heavy atom. The first kappa shape index (κ1) is 16.1. The number of nitrogens with zero attached hydrogens (tertiary/aromatic N) is 3. The van der Waals surface area contributed by atoms with E-state index in [0.717, 1.165) is 5.56 Å². The number of oxime groups is 1. The topological polar surface area (TPSA) is 73.1 Å². The van der Waals surface area contributed by atoms with Gasteiger partial charge in [0.15, 0.2) is 0 Å². The van der Waals surface area contributed by atoms with E-state index < -0.39 is 5.97 Å². The number of methoxy groups -OCH3 is 1. The lowest BCUT2D eigenvalue weighted by molar-refractivity contribution is -0.132. The summed E-state index contributed by atoms with van der Waals surface area (Å²) in [5.74, 6) is -0.627. The summed E-state index contributed by atoms with van der Waals surface area (Å²) in [5.41, 5.74) is 1.19.